The van der Waals surface area contributed by atoms with Gasteiger partial charge in [0.05, 0.1) is 35.8 Å². The van der Waals surface area contributed by atoms with E-state index in [0.29, 0.717) is 17.4 Å². The predicted molar refractivity (Wildman–Crippen MR) is 73.0 cm³/mol. The molecule has 0 amide bonds. The van der Waals surface area contributed by atoms with Gasteiger partial charge in [-0.25, -0.2) is 14.4 Å². The van der Waals surface area contributed by atoms with Crippen LogP contribution in [-0.2, 0) is 13.1 Å². The molecule has 20 heavy (non-hydrogen) atoms. The Kier molecular flexibility index (Phi) is 3.06. The second-order valence-electron chi connectivity index (χ2n) is 4.51. The van der Waals surface area contributed by atoms with Gasteiger partial charge < -0.3 is 4.57 Å². The van der Waals surface area contributed by atoms with Gasteiger partial charge in [-0.2, -0.15) is 0 Å². The molecular weight excluding hydrogens is 259 g/mol. The highest BCUT2D eigenvalue weighted by molar-refractivity contribution is 5.77. The van der Waals surface area contributed by atoms with Crippen molar-refractivity contribution < 1.29 is 4.39 Å². The molecule has 0 unspecified atom stereocenters. The lowest BCUT2D eigenvalue weighted by Gasteiger charge is -2.08. The minimum absolute atomic E-state index is 0.182. The van der Waals surface area contributed by atoms with Crippen molar-refractivity contribution in [2.24, 2.45) is 0 Å². The van der Waals surface area contributed by atoms with Gasteiger partial charge in [0.2, 0.25) is 0 Å². The fraction of sp³-hybridized carbons (Fsp3) is 0.214. The Bertz CT molecular complexity index is 821. The number of halogens is 1. The first-order valence-electron chi connectivity index (χ1n) is 6.32. The van der Waals surface area contributed by atoms with Crippen molar-refractivity contribution in [2.75, 3.05) is 0 Å². The molecule has 0 N–H and O–H groups in total. The average Bonchev–Trinajstić information content (AvgIpc) is 2.89. The maximum absolute atomic E-state index is 13.1. The van der Waals surface area contributed by atoms with Crippen LogP contribution in [0.1, 0.15) is 12.6 Å². The highest BCUT2D eigenvalue weighted by Crippen LogP contribution is 2.09. The summed E-state index contributed by atoms with van der Waals surface area (Å²) in [6, 6.07) is 4.00. The minimum atomic E-state index is -0.397. The monoisotopic (exact) mass is 272 g/mol. The van der Waals surface area contributed by atoms with Gasteiger partial charge >= 0.3 is 0 Å². The van der Waals surface area contributed by atoms with E-state index in [1.165, 1.54) is 29.1 Å². The zero-order chi connectivity index (χ0) is 14.1. The minimum Gasteiger partial charge on any atom is -0.333 e. The smallest absolute Gasteiger partial charge is 0.261 e. The number of rotatable bonds is 3. The number of hydrogen-bond acceptors (Lipinski definition) is 3. The molecule has 0 radical (unpaired) electrons. The van der Waals surface area contributed by atoms with E-state index in [9.17, 15) is 9.18 Å². The third kappa shape index (κ3) is 2.09. The lowest BCUT2D eigenvalue weighted by molar-refractivity contribution is 0.628. The zero-order valence-electron chi connectivity index (χ0n) is 11.0. The molecule has 0 aliphatic rings. The van der Waals surface area contributed by atoms with E-state index in [0.717, 1.165) is 12.2 Å². The Hall–Kier alpha value is -2.50. The number of fused-ring (bicyclic) bond motifs is 1. The topological polar surface area (TPSA) is 52.7 Å². The summed E-state index contributed by atoms with van der Waals surface area (Å²) in [5.74, 6) is -0.397. The Morgan fingerprint density at radius 2 is 2.10 bits per heavy atom. The summed E-state index contributed by atoms with van der Waals surface area (Å²) in [6.07, 6.45) is 4.89. The lowest BCUT2D eigenvalue weighted by Crippen LogP contribution is -2.22. The van der Waals surface area contributed by atoms with E-state index in [-0.39, 0.29) is 5.56 Å². The van der Waals surface area contributed by atoms with E-state index in [1.807, 2.05) is 11.5 Å². The lowest BCUT2D eigenvalue weighted by atomic mass is 10.2. The number of aryl methyl sites for hydroxylation is 1. The third-order valence-electron chi connectivity index (χ3n) is 3.26. The highest BCUT2D eigenvalue weighted by Gasteiger charge is 2.07. The molecule has 0 saturated heterocycles. The molecule has 0 saturated carbocycles. The van der Waals surface area contributed by atoms with Crippen molar-refractivity contribution >= 4 is 10.9 Å². The summed E-state index contributed by atoms with van der Waals surface area (Å²) >= 11 is 0. The molecule has 0 fully saturated rings. The number of aromatic nitrogens is 4. The number of nitrogens with zero attached hydrogens (tertiary/aromatic N) is 4. The van der Waals surface area contributed by atoms with Crippen LogP contribution in [0.4, 0.5) is 4.39 Å². The van der Waals surface area contributed by atoms with Crippen LogP contribution >= 0.6 is 0 Å². The van der Waals surface area contributed by atoms with E-state index in [4.69, 9.17) is 0 Å². The maximum Gasteiger partial charge on any atom is 0.261 e. The SMILES string of the molecule is CCn1cncc1Cn1cnc2cc(F)ccc2c1=O. The van der Waals surface area contributed by atoms with Gasteiger partial charge in [0.25, 0.3) is 5.56 Å². The molecule has 0 atom stereocenters. The van der Waals surface area contributed by atoms with E-state index in [2.05, 4.69) is 9.97 Å². The molecule has 2 heterocycles. The molecule has 0 bridgehead atoms. The van der Waals surface area contributed by atoms with Crippen molar-refractivity contribution in [1.29, 1.82) is 0 Å². The van der Waals surface area contributed by atoms with Gasteiger partial charge in [-0.1, -0.05) is 0 Å². The summed E-state index contributed by atoms with van der Waals surface area (Å²) in [7, 11) is 0. The molecule has 3 rings (SSSR count). The first-order chi connectivity index (χ1) is 9.69. The van der Waals surface area contributed by atoms with E-state index < -0.39 is 5.82 Å². The van der Waals surface area contributed by atoms with Gasteiger partial charge in [0, 0.05) is 18.8 Å². The van der Waals surface area contributed by atoms with Crippen LogP contribution in [0.15, 0.2) is 41.8 Å². The fourth-order valence-corrected chi connectivity index (χ4v) is 2.18. The van der Waals surface area contributed by atoms with Crippen LogP contribution in [-0.4, -0.2) is 19.1 Å². The summed E-state index contributed by atoms with van der Waals surface area (Å²) < 4.78 is 16.6. The van der Waals surface area contributed by atoms with Gasteiger partial charge in [0.15, 0.2) is 0 Å². The molecule has 102 valence electrons. The molecule has 2 aromatic heterocycles. The summed E-state index contributed by atoms with van der Waals surface area (Å²) in [5.41, 5.74) is 1.12. The Labute approximate surface area is 114 Å². The molecule has 6 heteroatoms. The zero-order valence-corrected chi connectivity index (χ0v) is 11.0. The van der Waals surface area contributed by atoms with Crippen molar-refractivity contribution in [3.05, 3.63) is 58.9 Å². The molecule has 5 nitrogen and oxygen atoms in total. The van der Waals surface area contributed by atoms with Crippen LogP contribution in [0, 0.1) is 5.82 Å². The second kappa shape index (κ2) is 4.88. The predicted octanol–water partition coefficient (Wildman–Crippen LogP) is 1.80. The van der Waals surface area contributed by atoms with Crippen molar-refractivity contribution in [3.8, 4) is 0 Å². The highest BCUT2D eigenvalue weighted by atomic mass is 19.1. The number of imidazole rings is 1. The maximum atomic E-state index is 13.1. The Morgan fingerprint density at radius 3 is 2.90 bits per heavy atom. The molecule has 0 spiro atoms. The van der Waals surface area contributed by atoms with Crippen LogP contribution < -0.4 is 5.56 Å². The first-order valence-corrected chi connectivity index (χ1v) is 6.32. The Balaban J connectivity index is 2.07. The van der Waals surface area contributed by atoms with Crippen molar-refractivity contribution in [2.45, 2.75) is 20.0 Å². The van der Waals surface area contributed by atoms with Gasteiger partial charge in [-0.15, -0.1) is 0 Å². The van der Waals surface area contributed by atoms with Crippen LogP contribution in [0.5, 0.6) is 0 Å². The fourth-order valence-electron chi connectivity index (χ4n) is 2.18. The van der Waals surface area contributed by atoms with Crippen LogP contribution in [0.3, 0.4) is 0 Å². The molecule has 3 aromatic rings. The van der Waals surface area contributed by atoms with Gasteiger partial charge in [0.1, 0.15) is 5.82 Å². The van der Waals surface area contributed by atoms with Crippen molar-refractivity contribution in [1.82, 2.24) is 19.1 Å². The normalized spacial score (nSPS) is 11.1. The third-order valence-corrected chi connectivity index (χ3v) is 3.26. The van der Waals surface area contributed by atoms with Gasteiger partial charge in [-0.3, -0.25) is 9.36 Å². The van der Waals surface area contributed by atoms with E-state index >= 15 is 0 Å². The first kappa shape index (κ1) is 12.5. The van der Waals surface area contributed by atoms with Crippen LogP contribution in [0.2, 0.25) is 0 Å². The van der Waals surface area contributed by atoms with Gasteiger partial charge in [-0.05, 0) is 19.1 Å². The standard InChI is InChI=1S/C14H13FN4O/c1-2-18-8-16-6-11(18)7-19-9-17-13-5-10(15)3-4-12(13)14(19)20/h3-6,8-9H,2,7H2,1H3. The molecule has 1 aromatic carbocycles. The summed E-state index contributed by atoms with van der Waals surface area (Å²) in [5, 5.41) is 0.413. The number of hydrogen-bond donors (Lipinski definition) is 0. The Morgan fingerprint density at radius 1 is 1.25 bits per heavy atom. The summed E-state index contributed by atoms with van der Waals surface area (Å²) in [4.78, 5) is 20.5. The molecular formula is C14H13FN4O. The van der Waals surface area contributed by atoms with E-state index in [1.54, 1.807) is 12.5 Å². The molecule has 0 aliphatic carbocycles. The average molecular weight is 272 g/mol. The summed E-state index contributed by atoms with van der Waals surface area (Å²) in [6.45, 7) is 3.19. The largest absolute Gasteiger partial charge is 0.333 e. The molecule has 0 aliphatic heterocycles. The van der Waals surface area contributed by atoms with Crippen LogP contribution in [0.25, 0.3) is 10.9 Å². The quantitative estimate of drug-likeness (QED) is 0.730. The second-order valence-corrected chi connectivity index (χ2v) is 4.51. The number of benzene rings is 1. The van der Waals surface area contributed by atoms with Crippen molar-refractivity contribution in [3.63, 3.8) is 0 Å².